The van der Waals surface area contributed by atoms with Crippen molar-refractivity contribution in [3.8, 4) is 0 Å². The third kappa shape index (κ3) is 11.3. The smallest absolute Gasteiger partial charge is 0.375 e. The summed E-state index contributed by atoms with van der Waals surface area (Å²) < 4.78 is 109. The Morgan fingerprint density at radius 2 is 1.20 bits per heavy atom. The molecule has 3 aromatic carbocycles. The van der Waals surface area contributed by atoms with Crippen LogP contribution < -0.4 is 10.6 Å². The van der Waals surface area contributed by atoms with Gasteiger partial charge in [-0.15, -0.1) is 0 Å². The summed E-state index contributed by atoms with van der Waals surface area (Å²) in [5.41, 5.74) is 3.52. The first-order valence-corrected chi connectivity index (χ1v) is 23.6. The Morgan fingerprint density at radius 1 is 0.723 bits per heavy atom. The number of thiazole rings is 1. The normalized spacial score (nSPS) is 17.5. The van der Waals surface area contributed by atoms with Crippen molar-refractivity contribution >= 4 is 32.2 Å². The van der Waals surface area contributed by atoms with Gasteiger partial charge in [-0.1, -0.05) is 35.6 Å². The molecule has 6 aromatic rings. The number of hydrogen-bond donors (Lipinski definition) is 2. The highest BCUT2D eigenvalue weighted by atomic mass is 32.2. The molecule has 19 heteroatoms. The van der Waals surface area contributed by atoms with Crippen LogP contribution in [0.4, 0.5) is 32.8 Å². The molecule has 348 valence electrons. The van der Waals surface area contributed by atoms with Crippen molar-refractivity contribution in [1.82, 2.24) is 33.7 Å². The molecule has 2 N–H and O–H groups in total. The second kappa shape index (κ2) is 21.1. The van der Waals surface area contributed by atoms with Crippen LogP contribution in [-0.4, -0.2) is 77.2 Å². The number of aromatic nitrogens is 5. The lowest BCUT2D eigenvalue weighted by Crippen LogP contribution is -2.40. The summed E-state index contributed by atoms with van der Waals surface area (Å²) in [7, 11) is -0.427. The van der Waals surface area contributed by atoms with Crippen LogP contribution in [0.5, 0.6) is 0 Å². The number of alkyl halides is 3. The number of hydrogen-bond acceptors (Lipinski definition) is 10. The minimum Gasteiger partial charge on any atom is -0.375 e. The van der Waals surface area contributed by atoms with Crippen LogP contribution >= 0.6 is 11.3 Å². The summed E-state index contributed by atoms with van der Waals surface area (Å²) in [4.78, 5) is 12.8. The maximum absolute atomic E-state index is 13.4. The zero-order valence-electron chi connectivity index (χ0n) is 36.5. The van der Waals surface area contributed by atoms with E-state index in [0.29, 0.717) is 24.4 Å². The van der Waals surface area contributed by atoms with E-state index in [1.807, 2.05) is 36.1 Å². The first-order valence-electron chi connectivity index (χ1n) is 21.4. The van der Waals surface area contributed by atoms with Crippen molar-refractivity contribution < 1.29 is 39.8 Å². The van der Waals surface area contributed by atoms with Crippen LogP contribution in [0.3, 0.4) is 0 Å². The Hall–Kier alpha value is -5.05. The number of piperidine rings is 2. The Kier molecular flexibility index (Phi) is 15.5. The van der Waals surface area contributed by atoms with Gasteiger partial charge in [0.25, 0.3) is 10.0 Å². The number of nitrogens with one attached hydrogen (secondary N) is 2. The third-order valence-electron chi connectivity index (χ3n) is 12.3. The molecule has 2 fully saturated rings. The van der Waals surface area contributed by atoms with Crippen LogP contribution in [0, 0.1) is 23.5 Å². The fraction of sp³-hybridized carbons (Fsp3) is 0.413. The fourth-order valence-electron chi connectivity index (χ4n) is 8.63. The van der Waals surface area contributed by atoms with E-state index in [4.69, 9.17) is 9.47 Å². The van der Waals surface area contributed by atoms with Gasteiger partial charge in [0, 0.05) is 33.0 Å². The van der Waals surface area contributed by atoms with Gasteiger partial charge < -0.3 is 29.2 Å². The molecule has 5 heterocycles. The van der Waals surface area contributed by atoms with Crippen LogP contribution in [0.25, 0.3) is 0 Å². The Labute approximate surface area is 379 Å². The van der Waals surface area contributed by atoms with Crippen LogP contribution in [0.1, 0.15) is 91.9 Å². The molecule has 2 aliphatic rings. The van der Waals surface area contributed by atoms with Crippen LogP contribution in [-0.2, 0) is 25.7 Å². The van der Waals surface area contributed by atoms with Gasteiger partial charge in [0.1, 0.15) is 23.8 Å². The summed E-state index contributed by atoms with van der Waals surface area (Å²) in [6.07, 6.45) is 7.08. The van der Waals surface area contributed by atoms with Gasteiger partial charge >= 0.3 is 6.18 Å². The zero-order chi connectivity index (χ0) is 46.3. The summed E-state index contributed by atoms with van der Waals surface area (Å²) in [6.45, 7) is 6.74. The molecule has 0 radical (unpaired) electrons. The third-order valence-corrected chi connectivity index (χ3v) is 15.6. The fourth-order valence-corrected chi connectivity index (χ4v) is 11.3. The molecule has 0 aliphatic carbocycles. The number of benzene rings is 3. The van der Waals surface area contributed by atoms with E-state index in [2.05, 4.69) is 37.1 Å². The molecule has 3 aromatic heterocycles. The van der Waals surface area contributed by atoms with E-state index in [9.17, 15) is 30.4 Å². The number of sulfonamides is 1. The van der Waals surface area contributed by atoms with Gasteiger partial charge in [0.2, 0.25) is 0 Å². The number of halogens is 5. The Bertz CT molecular complexity index is 2540. The van der Waals surface area contributed by atoms with E-state index < -0.39 is 21.8 Å². The maximum atomic E-state index is 13.4. The standard InChI is InChI=1S/C28H29F4N5O3S2.C18H24FN3O/c1-18(19-3-7-22(29)8-4-19)37-17-33-15-24(37)26(40-2)20-11-13-36(14-12-20)42(38,39)25-16-34-27(41-25)35-23-9-5-21(6-10-23)28(30,31)32;1-13(14-3-5-16(19)6-4-14)22-12-21-11-17(22)18(23-2)15-7-9-20-10-8-15/h3-10,15-18,20,26H,11-14H2,1-2H3,(H,34,35);3-6,11-13,15,18,20H,7-10H2,1-2H3/t18-,26?;13-,18?/m11/s1. The van der Waals surface area contributed by atoms with Gasteiger partial charge in [-0.3, -0.25) is 0 Å². The van der Waals surface area contributed by atoms with E-state index >= 15 is 0 Å². The summed E-state index contributed by atoms with van der Waals surface area (Å²) in [6, 6.07) is 17.4. The molecule has 12 nitrogen and oxygen atoms in total. The predicted octanol–water partition coefficient (Wildman–Crippen LogP) is 9.96. The number of imidazole rings is 2. The van der Waals surface area contributed by atoms with Crippen molar-refractivity contribution in [2.75, 3.05) is 45.7 Å². The lowest BCUT2D eigenvalue weighted by molar-refractivity contribution is -0.137. The molecule has 2 saturated heterocycles. The van der Waals surface area contributed by atoms with Gasteiger partial charge in [0.05, 0.1) is 60.3 Å². The maximum Gasteiger partial charge on any atom is 0.416 e. The molecule has 8 rings (SSSR count). The van der Waals surface area contributed by atoms with Gasteiger partial charge in [-0.25, -0.2) is 32.2 Å². The van der Waals surface area contributed by atoms with Crippen LogP contribution in [0.2, 0.25) is 0 Å². The highest BCUT2D eigenvalue weighted by molar-refractivity contribution is 7.91. The Morgan fingerprint density at radius 3 is 1.66 bits per heavy atom. The number of anilines is 2. The largest absolute Gasteiger partial charge is 0.416 e. The minimum atomic E-state index is -4.44. The topological polar surface area (TPSA) is 128 Å². The molecule has 0 amide bonds. The molecule has 0 spiro atoms. The first-order chi connectivity index (χ1) is 31.2. The number of ether oxygens (including phenoxy) is 2. The van der Waals surface area contributed by atoms with Gasteiger partial charge in [-0.05, 0) is 124 Å². The molecule has 4 atom stereocenters. The average Bonchev–Trinajstić information content (AvgIpc) is 4.11. The molecule has 2 aliphatic heterocycles. The van der Waals surface area contributed by atoms with E-state index in [0.717, 1.165) is 71.9 Å². The van der Waals surface area contributed by atoms with Gasteiger partial charge in [0.15, 0.2) is 9.34 Å². The summed E-state index contributed by atoms with van der Waals surface area (Å²) in [5.74, 6) is 0.0160. The number of nitrogens with zero attached hydrogens (tertiary/aromatic N) is 6. The molecule has 2 unspecified atom stereocenters. The van der Waals surface area contributed by atoms with E-state index in [1.54, 1.807) is 38.9 Å². The monoisotopic (exact) mass is 940 g/mol. The van der Waals surface area contributed by atoms with Gasteiger partial charge in [-0.2, -0.15) is 17.5 Å². The average molecular weight is 941 g/mol. The Balaban J connectivity index is 0.000000230. The van der Waals surface area contributed by atoms with E-state index in [-0.39, 0.29) is 64.3 Å². The molecule has 0 saturated carbocycles. The number of rotatable bonds is 14. The van der Waals surface area contributed by atoms with Crippen molar-refractivity contribution in [2.45, 2.75) is 74.2 Å². The van der Waals surface area contributed by atoms with Crippen LogP contribution in [0.15, 0.2) is 108 Å². The van der Waals surface area contributed by atoms with E-state index in [1.165, 1.54) is 46.9 Å². The predicted molar refractivity (Wildman–Crippen MR) is 238 cm³/mol. The highest BCUT2D eigenvalue weighted by Gasteiger charge is 2.36. The summed E-state index contributed by atoms with van der Waals surface area (Å²) >= 11 is 0.918. The quantitative estimate of drug-likeness (QED) is 0.103. The second-order valence-corrected chi connectivity index (χ2v) is 19.4. The first kappa shape index (κ1) is 47.9. The molecular formula is C46H53F5N8O4S2. The zero-order valence-corrected chi connectivity index (χ0v) is 38.1. The SMILES string of the molecule is COC(c1cncn1[C@H](C)c1ccc(F)cc1)C1CCN(S(=O)(=O)c2cnc(Nc3ccc(C(F)(F)F)cc3)s2)CC1.COC(c1cncn1[C@H](C)c1ccc(F)cc1)C1CCNCC1. The number of methoxy groups -OCH3 is 2. The minimum absolute atomic E-state index is 0.0377. The lowest BCUT2D eigenvalue weighted by Gasteiger charge is -2.35. The van der Waals surface area contributed by atoms with Crippen molar-refractivity contribution in [3.05, 3.63) is 144 Å². The van der Waals surface area contributed by atoms with Crippen molar-refractivity contribution in [1.29, 1.82) is 0 Å². The molecule has 65 heavy (non-hydrogen) atoms. The molecule has 0 bridgehead atoms. The second-order valence-electron chi connectivity index (χ2n) is 16.2. The van der Waals surface area contributed by atoms with Crippen molar-refractivity contribution in [2.24, 2.45) is 11.8 Å². The lowest BCUT2D eigenvalue weighted by atomic mass is 9.90. The summed E-state index contributed by atoms with van der Waals surface area (Å²) in [5, 5.41) is 6.52. The van der Waals surface area contributed by atoms with Crippen molar-refractivity contribution in [3.63, 3.8) is 0 Å². The molecular weight excluding hydrogens is 888 g/mol. The highest BCUT2D eigenvalue weighted by Crippen LogP contribution is 2.39.